The first-order valence-electron chi connectivity index (χ1n) is 4.71. The lowest BCUT2D eigenvalue weighted by Gasteiger charge is -2.18. The number of carbonyl (C=O) groups is 1. The van der Waals surface area contributed by atoms with Crippen LogP contribution in [0, 0.1) is 6.92 Å². The molecule has 0 heterocycles. The number of aryl methyl sites for hydroxylation is 1. The lowest BCUT2D eigenvalue weighted by molar-refractivity contribution is -0.105. The number of nitrogens with zero attached hydrogens (tertiary/aromatic N) is 1. The van der Waals surface area contributed by atoms with Gasteiger partial charge in [-0.3, -0.25) is 4.79 Å². The minimum Gasteiger partial charge on any atom is -0.375 e. The average molecular weight is 192 g/mol. The van der Waals surface area contributed by atoms with Crippen LogP contribution >= 0.6 is 0 Å². The van der Waals surface area contributed by atoms with Crippen molar-refractivity contribution in [3.8, 4) is 0 Å². The third-order valence-corrected chi connectivity index (χ3v) is 2.34. The standard InChI is InChI=1S/C11H16N2O/c1-4-13(3)10-5-6-11(12-8-14)9(2)7-10/h5-8H,4H2,1-3H3,(H,12,14). The SMILES string of the molecule is CCN(C)c1ccc(NC=O)c(C)c1. The Kier molecular flexibility index (Phi) is 3.51. The lowest BCUT2D eigenvalue weighted by atomic mass is 10.1. The van der Waals surface area contributed by atoms with E-state index in [9.17, 15) is 4.79 Å². The molecule has 0 radical (unpaired) electrons. The number of nitrogens with one attached hydrogen (secondary N) is 1. The molecule has 0 aromatic heterocycles. The Bertz CT molecular complexity index is 323. The maximum Gasteiger partial charge on any atom is 0.211 e. The number of carbonyl (C=O) groups excluding carboxylic acids is 1. The van der Waals surface area contributed by atoms with E-state index in [1.807, 2.05) is 26.1 Å². The minimum atomic E-state index is 0.700. The monoisotopic (exact) mass is 192 g/mol. The van der Waals surface area contributed by atoms with E-state index in [1.165, 1.54) is 5.69 Å². The van der Waals surface area contributed by atoms with Gasteiger partial charge in [0, 0.05) is 25.0 Å². The predicted octanol–water partition coefficient (Wildman–Crippen LogP) is 2.02. The Morgan fingerprint density at radius 2 is 2.21 bits per heavy atom. The van der Waals surface area contributed by atoms with Gasteiger partial charge in [-0.15, -0.1) is 0 Å². The van der Waals surface area contributed by atoms with E-state index >= 15 is 0 Å². The van der Waals surface area contributed by atoms with Crippen molar-refractivity contribution in [1.29, 1.82) is 0 Å². The van der Waals surface area contributed by atoms with Gasteiger partial charge in [-0.2, -0.15) is 0 Å². The van der Waals surface area contributed by atoms with Gasteiger partial charge in [-0.25, -0.2) is 0 Å². The molecule has 76 valence electrons. The van der Waals surface area contributed by atoms with Gasteiger partial charge in [-0.1, -0.05) is 0 Å². The molecule has 1 amide bonds. The molecule has 1 aromatic rings. The largest absolute Gasteiger partial charge is 0.375 e. The van der Waals surface area contributed by atoms with Crippen LogP contribution in [0.4, 0.5) is 11.4 Å². The molecule has 0 unspecified atom stereocenters. The Morgan fingerprint density at radius 1 is 1.50 bits per heavy atom. The van der Waals surface area contributed by atoms with Gasteiger partial charge in [0.1, 0.15) is 0 Å². The summed E-state index contributed by atoms with van der Waals surface area (Å²) in [5.41, 5.74) is 3.12. The van der Waals surface area contributed by atoms with E-state index in [0.717, 1.165) is 17.8 Å². The van der Waals surface area contributed by atoms with Crippen LogP contribution < -0.4 is 10.2 Å². The van der Waals surface area contributed by atoms with Crippen molar-refractivity contribution >= 4 is 17.8 Å². The summed E-state index contributed by atoms with van der Waals surface area (Å²) < 4.78 is 0. The minimum absolute atomic E-state index is 0.700. The zero-order chi connectivity index (χ0) is 10.6. The fraction of sp³-hybridized carbons (Fsp3) is 0.364. The topological polar surface area (TPSA) is 32.3 Å². The highest BCUT2D eigenvalue weighted by atomic mass is 16.1. The Labute approximate surface area is 84.7 Å². The second kappa shape index (κ2) is 4.65. The first-order valence-corrected chi connectivity index (χ1v) is 4.71. The van der Waals surface area contributed by atoms with Crippen LogP contribution in [0.5, 0.6) is 0 Å². The van der Waals surface area contributed by atoms with Gasteiger partial charge in [0.25, 0.3) is 0 Å². The molecule has 0 aliphatic carbocycles. The summed E-state index contributed by atoms with van der Waals surface area (Å²) in [6, 6.07) is 5.99. The Morgan fingerprint density at radius 3 is 2.71 bits per heavy atom. The Balaban J connectivity index is 2.93. The molecular weight excluding hydrogens is 176 g/mol. The third-order valence-electron chi connectivity index (χ3n) is 2.34. The molecule has 0 saturated heterocycles. The van der Waals surface area contributed by atoms with Crippen molar-refractivity contribution in [3.63, 3.8) is 0 Å². The summed E-state index contributed by atoms with van der Waals surface area (Å²) in [6.45, 7) is 5.06. The maximum absolute atomic E-state index is 10.3. The number of amides is 1. The molecule has 1 N–H and O–H groups in total. The van der Waals surface area contributed by atoms with E-state index in [0.29, 0.717) is 6.41 Å². The first kappa shape index (κ1) is 10.6. The molecule has 1 aromatic carbocycles. The molecular formula is C11H16N2O. The van der Waals surface area contributed by atoms with Gasteiger partial charge in [0.15, 0.2) is 0 Å². The second-order valence-corrected chi connectivity index (χ2v) is 3.28. The number of rotatable bonds is 4. The molecule has 0 aliphatic heterocycles. The van der Waals surface area contributed by atoms with Crippen molar-refractivity contribution in [2.24, 2.45) is 0 Å². The van der Waals surface area contributed by atoms with Crippen molar-refractivity contribution in [3.05, 3.63) is 23.8 Å². The average Bonchev–Trinajstić information content (AvgIpc) is 2.20. The summed E-state index contributed by atoms with van der Waals surface area (Å²) >= 11 is 0. The van der Waals surface area contributed by atoms with Gasteiger partial charge in [0.2, 0.25) is 6.41 Å². The van der Waals surface area contributed by atoms with E-state index < -0.39 is 0 Å². The zero-order valence-electron chi connectivity index (χ0n) is 8.87. The highest BCUT2D eigenvalue weighted by molar-refractivity contribution is 5.74. The molecule has 14 heavy (non-hydrogen) atoms. The van der Waals surface area contributed by atoms with E-state index in [1.54, 1.807) is 0 Å². The zero-order valence-corrected chi connectivity index (χ0v) is 8.87. The fourth-order valence-corrected chi connectivity index (χ4v) is 1.29. The quantitative estimate of drug-likeness (QED) is 0.740. The lowest BCUT2D eigenvalue weighted by Crippen LogP contribution is -2.15. The number of hydrogen-bond donors (Lipinski definition) is 1. The third kappa shape index (κ3) is 2.25. The van der Waals surface area contributed by atoms with Gasteiger partial charge in [0.05, 0.1) is 0 Å². The number of anilines is 2. The second-order valence-electron chi connectivity index (χ2n) is 3.28. The fourth-order valence-electron chi connectivity index (χ4n) is 1.29. The molecule has 0 bridgehead atoms. The van der Waals surface area contributed by atoms with Crippen LogP contribution in [0.2, 0.25) is 0 Å². The smallest absolute Gasteiger partial charge is 0.211 e. The molecule has 1 rings (SSSR count). The van der Waals surface area contributed by atoms with Crippen molar-refractivity contribution in [2.75, 3.05) is 23.8 Å². The highest BCUT2D eigenvalue weighted by Crippen LogP contribution is 2.21. The van der Waals surface area contributed by atoms with Crippen LogP contribution in [0.25, 0.3) is 0 Å². The van der Waals surface area contributed by atoms with Crippen molar-refractivity contribution in [1.82, 2.24) is 0 Å². The molecule has 0 atom stereocenters. The van der Waals surface area contributed by atoms with Crippen LogP contribution in [0.3, 0.4) is 0 Å². The molecule has 0 aliphatic rings. The van der Waals surface area contributed by atoms with E-state index in [4.69, 9.17) is 0 Å². The van der Waals surface area contributed by atoms with Gasteiger partial charge in [-0.05, 0) is 37.6 Å². The number of hydrogen-bond acceptors (Lipinski definition) is 2. The first-order chi connectivity index (χ1) is 6.69. The predicted molar refractivity (Wildman–Crippen MR) is 59.8 cm³/mol. The molecule has 0 fully saturated rings. The maximum atomic E-state index is 10.3. The summed E-state index contributed by atoms with van der Waals surface area (Å²) in [4.78, 5) is 12.4. The summed E-state index contributed by atoms with van der Waals surface area (Å²) in [5.74, 6) is 0. The van der Waals surface area contributed by atoms with E-state index in [-0.39, 0.29) is 0 Å². The molecule has 0 spiro atoms. The van der Waals surface area contributed by atoms with Crippen LogP contribution in [0.1, 0.15) is 12.5 Å². The summed E-state index contributed by atoms with van der Waals surface area (Å²) in [5, 5.41) is 2.66. The highest BCUT2D eigenvalue weighted by Gasteiger charge is 2.01. The number of benzene rings is 1. The van der Waals surface area contributed by atoms with Gasteiger partial charge < -0.3 is 10.2 Å². The van der Waals surface area contributed by atoms with Crippen molar-refractivity contribution in [2.45, 2.75) is 13.8 Å². The normalized spacial score (nSPS) is 9.64. The molecule has 3 nitrogen and oxygen atoms in total. The van der Waals surface area contributed by atoms with Gasteiger partial charge >= 0.3 is 0 Å². The summed E-state index contributed by atoms with van der Waals surface area (Å²) in [6.07, 6.45) is 0.700. The van der Waals surface area contributed by atoms with Crippen LogP contribution in [-0.2, 0) is 4.79 Å². The van der Waals surface area contributed by atoms with Crippen LogP contribution in [-0.4, -0.2) is 20.0 Å². The van der Waals surface area contributed by atoms with Crippen LogP contribution in [0.15, 0.2) is 18.2 Å². The molecule has 0 saturated carbocycles. The Hall–Kier alpha value is -1.51. The van der Waals surface area contributed by atoms with E-state index in [2.05, 4.69) is 23.2 Å². The molecule has 3 heteroatoms. The van der Waals surface area contributed by atoms with Crippen molar-refractivity contribution < 1.29 is 4.79 Å². The summed E-state index contributed by atoms with van der Waals surface area (Å²) in [7, 11) is 2.04.